The number of carbonyl (C=O) groups is 5. The second-order valence-corrected chi connectivity index (χ2v) is 5.54. The van der Waals surface area contributed by atoms with E-state index in [1.54, 1.807) is 6.92 Å². The predicted octanol–water partition coefficient (Wildman–Crippen LogP) is 1.41. The van der Waals surface area contributed by atoms with Crippen molar-refractivity contribution in [3.05, 3.63) is 0 Å². The summed E-state index contributed by atoms with van der Waals surface area (Å²) in [6, 6.07) is 0. The van der Waals surface area contributed by atoms with Crippen LogP contribution >= 0.6 is 0 Å². The summed E-state index contributed by atoms with van der Waals surface area (Å²) in [5.74, 6) is -0.482. The first-order valence-electron chi connectivity index (χ1n) is 7.77. The highest BCUT2D eigenvalue weighted by Gasteiger charge is 2.36. The molecule has 0 aromatic carbocycles. The van der Waals surface area contributed by atoms with E-state index < -0.39 is 23.6 Å². The van der Waals surface area contributed by atoms with Gasteiger partial charge in [-0.05, 0) is 6.42 Å². The van der Waals surface area contributed by atoms with Crippen molar-refractivity contribution in [3.8, 4) is 12.3 Å². The summed E-state index contributed by atoms with van der Waals surface area (Å²) in [6.07, 6.45) is 6.28. The van der Waals surface area contributed by atoms with Crippen molar-refractivity contribution in [2.24, 2.45) is 5.92 Å². The zero-order valence-corrected chi connectivity index (χ0v) is 13.3. The van der Waals surface area contributed by atoms with Crippen molar-refractivity contribution < 1.29 is 24.0 Å². The van der Waals surface area contributed by atoms with Crippen molar-refractivity contribution in [1.82, 2.24) is 4.90 Å². The van der Waals surface area contributed by atoms with Gasteiger partial charge in [0.05, 0.1) is 0 Å². The van der Waals surface area contributed by atoms with Crippen LogP contribution in [0.4, 0.5) is 0 Å². The first-order valence-corrected chi connectivity index (χ1v) is 7.77. The van der Waals surface area contributed by atoms with Gasteiger partial charge in [0.15, 0.2) is 0 Å². The SMILES string of the molecule is C#CCCCC(=O)CC(CC(=O)N1C(=O)CCC1=O)C(=O)CC. The highest BCUT2D eigenvalue weighted by Crippen LogP contribution is 2.20. The van der Waals surface area contributed by atoms with Gasteiger partial charge in [-0.2, -0.15) is 0 Å². The normalized spacial score (nSPS) is 15.4. The maximum Gasteiger partial charge on any atom is 0.236 e. The number of imide groups is 3. The number of hydrogen-bond donors (Lipinski definition) is 0. The Balaban J connectivity index is 2.68. The first-order chi connectivity index (χ1) is 10.9. The Bertz CT molecular complexity index is 542. The maximum absolute atomic E-state index is 12.1. The molecule has 0 spiro atoms. The average molecular weight is 319 g/mol. The van der Waals surface area contributed by atoms with Gasteiger partial charge in [0, 0.05) is 50.9 Å². The molecule has 0 aromatic rings. The molecular formula is C17H21NO5. The van der Waals surface area contributed by atoms with E-state index in [4.69, 9.17) is 6.42 Å². The fourth-order valence-corrected chi connectivity index (χ4v) is 2.51. The molecule has 1 unspecified atom stereocenters. The molecule has 6 heteroatoms. The molecule has 1 fully saturated rings. The minimum Gasteiger partial charge on any atom is -0.300 e. The Kier molecular flexibility index (Phi) is 7.33. The third-order valence-electron chi connectivity index (χ3n) is 3.78. The molecule has 0 saturated carbocycles. The number of rotatable bonds is 9. The maximum atomic E-state index is 12.1. The van der Waals surface area contributed by atoms with E-state index in [0.29, 0.717) is 17.7 Å². The average Bonchev–Trinajstić information content (AvgIpc) is 2.85. The molecule has 0 aliphatic carbocycles. The van der Waals surface area contributed by atoms with Gasteiger partial charge in [-0.3, -0.25) is 24.0 Å². The second-order valence-electron chi connectivity index (χ2n) is 5.54. The number of nitrogens with zero attached hydrogens (tertiary/aromatic N) is 1. The number of terminal acetylenes is 1. The summed E-state index contributed by atoms with van der Waals surface area (Å²) >= 11 is 0. The van der Waals surface area contributed by atoms with E-state index in [1.807, 2.05) is 0 Å². The van der Waals surface area contributed by atoms with E-state index in [9.17, 15) is 24.0 Å². The number of ketones is 2. The Morgan fingerprint density at radius 1 is 1.17 bits per heavy atom. The molecule has 1 rings (SSSR count). The third-order valence-corrected chi connectivity index (χ3v) is 3.78. The Hall–Kier alpha value is -2.29. The minimum atomic E-state index is -0.785. The predicted molar refractivity (Wildman–Crippen MR) is 81.8 cm³/mol. The van der Waals surface area contributed by atoms with Crippen LogP contribution in [0.5, 0.6) is 0 Å². The van der Waals surface area contributed by atoms with Crippen molar-refractivity contribution in [2.75, 3.05) is 0 Å². The molecule has 1 saturated heterocycles. The van der Waals surface area contributed by atoms with Crippen LogP contribution in [0.2, 0.25) is 0 Å². The number of carbonyl (C=O) groups excluding carboxylic acids is 5. The van der Waals surface area contributed by atoms with Gasteiger partial charge in [-0.15, -0.1) is 12.3 Å². The minimum absolute atomic E-state index is 0.0159. The summed E-state index contributed by atoms with van der Waals surface area (Å²) < 4.78 is 0. The molecule has 6 nitrogen and oxygen atoms in total. The number of likely N-dealkylation sites (tertiary alicyclic amines) is 1. The molecule has 0 bridgehead atoms. The number of Topliss-reactive ketones (excluding diaryl/α,β-unsaturated/α-hetero) is 2. The van der Waals surface area contributed by atoms with Gasteiger partial charge in [-0.1, -0.05) is 6.92 Å². The van der Waals surface area contributed by atoms with Crippen LogP contribution in [0.15, 0.2) is 0 Å². The lowest BCUT2D eigenvalue weighted by Gasteiger charge is -2.17. The second kappa shape index (κ2) is 8.99. The summed E-state index contributed by atoms with van der Waals surface area (Å²) in [5.41, 5.74) is 0. The molecule has 1 aliphatic rings. The summed E-state index contributed by atoms with van der Waals surface area (Å²) in [4.78, 5) is 59.7. The molecule has 3 amide bonds. The van der Waals surface area contributed by atoms with Gasteiger partial charge in [-0.25, -0.2) is 4.90 Å². The van der Waals surface area contributed by atoms with Crippen molar-refractivity contribution in [1.29, 1.82) is 0 Å². The fourth-order valence-electron chi connectivity index (χ4n) is 2.51. The molecule has 23 heavy (non-hydrogen) atoms. The van der Waals surface area contributed by atoms with Crippen molar-refractivity contribution >= 4 is 29.3 Å². The van der Waals surface area contributed by atoms with Crippen LogP contribution in [0.3, 0.4) is 0 Å². The number of hydrogen-bond acceptors (Lipinski definition) is 5. The standard InChI is InChI=1S/C17H21NO5/c1-3-5-6-7-13(19)10-12(14(20)4-2)11-17(23)18-15(21)8-9-16(18)22/h1,12H,4-11H2,2H3. The van der Waals surface area contributed by atoms with Crippen LogP contribution in [0.1, 0.15) is 58.3 Å². The number of unbranched alkanes of at least 4 members (excludes halogenated alkanes) is 1. The summed E-state index contributed by atoms with van der Waals surface area (Å²) in [7, 11) is 0. The molecular weight excluding hydrogens is 298 g/mol. The number of amides is 3. The van der Waals surface area contributed by atoms with Crippen LogP contribution in [0, 0.1) is 18.3 Å². The van der Waals surface area contributed by atoms with E-state index in [0.717, 1.165) is 0 Å². The van der Waals surface area contributed by atoms with E-state index in [1.165, 1.54) is 0 Å². The van der Waals surface area contributed by atoms with E-state index in [-0.39, 0.29) is 50.1 Å². The highest BCUT2D eigenvalue weighted by atomic mass is 16.2. The lowest BCUT2D eigenvalue weighted by atomic mass is 9.90. The summed E-state index contributed by atoms with van der Waals surface area (Å²) in [5, 5.41) is 0. The molecule has 1 aliphatic heterocycles. The fraction of sp³-hybridized carbons (Fsp3) is 0.588. The topological polar surface area (TPSA) is 88.6 Å². The molecule has 124 valence electrons. The largest absolute Gasteiger partial charge is 0.300 e. The van der Waals surface area contributed by atoms with E-state index >= 15 is 0 Å². The van der Waals surface area contributed by atoms with Crippen molar-refractivity contribution in [2.45, 2.75) is 58.3 Å². The van der Waals surface area contributed by atoms with Crippen LogP contribution < -0.4 is 0 Å². The lowest BCUT2D eigenvalue weighted by molar-refractivity contribution is -0.150. The zero-order chi connectivity index (χ0) is 17.4. The van der Waals surface area contributed by atoms with Crippen LogP contribution in [0.25, 0.3) is 0 Å². The Morgan fingerprint density at radius 3 is 2.30 bits per heavy atom. The van der Waals surface area contributed by atoms with Crippen LogP contribution in [-0.4, -0.2) is 34.2 Å². The quantitative estimate of drug-likeness (QED) is 0.364. The van der Waals surface area contributed by atoms with Gasteiger partial charge >= 0.3 is 0 Å². The third kappa shape index (κ3) is 5.44. The Morgan fingerprint density at radius 2 is 1.78 bits per heavy atom. The van der Waals surface area contributed by atoms with Crippen LogP contribution in [-0.2, 0) is 24.0 Å². The van der Waals surface area contributed by atoms with Crippen molar-refractivity contribution in [3.63, 3.8) is 0 Å². The molecule has 0 aromatic heterocycles. The molecule has 1 atom stereocenters. The summed E-state index contributed by atoms with van der Waals surface area (Å²) in [6.45, 7) is 1.65. The van der Waals surface area contributed by atoms with E-state index in [2.05, 4.69) is 5.92 Å². The van der Waals surface area contributed by atoms with Gasteiger partial charge < -0.3 is 0 Å². The van der Waals surface area contributed by atoms with Gasteiger partial charge in [0.1, 0.15) is 11.6 Å². The van der Waals surface area contributed by atoms with Gasteiger partial charge in [0.2, 0.25) is 17.7 Å². The molecule has 0 N–H and O–H groups in total. The highest BCUT2D eigenvalue weighted by molar-refractivity contribution is 6.15. The zero-order valence-electron chi connectivity index (χ0n) is 13.3. The Labute approximate surface area is 135 Å². The first kappa shape index (κ1) is 18.8. The lowest BCUT2D eigenvalue weighted by Crippen LogP contribution is -2.37. The monoisotopic (exact) mass is 319 g/mol. The van der Waals surface area contributed by atoms with Gasteiger partial charge in [0.25, 0.3) is 0 Å². The molecule has 0 radical (unpaired) electrons. The molecule has 1 heterocycles. The smallest absolute Gasteiger partial charge is 0.236 e.